The maximum Gasteiger partial charge on any atom is 0.0207 e. The molecular formula is C13H18BrN. The second-order valence-electron chi connectivity index (χ2n) is 4.71. The van der Waals surface area contributed by atoms with Crippen LogP contribution in [0.1, 0.15) is 29.5 Å². The van der Waals surface area contributed by atoms with Gasteiger partial charge >= 0.3 is 0 Å². The molecule has 0 saturated heterocycles. The van der Waals surface area contributed by atoms with Crippen LogP contribution in [-0.2, 0) is 6.42 Å². The number of hydrogen-bond acceptors (Lipinski definition) is 1. The number of likely N-dealkylation sites (N-methyl/N-ethyl adjacent to an activating group) is 1. The minimum Gasteiger partial charge on any atom is -0.305 e. The van der Waals surface area contributed by atoms with Crippen LogP contribution in [0.15, 0.2) is 16.6 Å². The number of nitrogens with zero attached hydrogens (tertiary/aromatic N) is 1. The number of hydrogen-bond donors (Lipinski definition) is 0. The standard InChI is InChI=1S/C13H18BrN/c1-9-6-11-4-5-15(3)8-10(2)12(11)7-13(9)14/h6-7,10H,4-5,8H2,1-3H3. The molecule has 1 aromatic carbocycles. The molecule has 0 spiro atoms. The van der Waals surface area contributed by atoms with Gasteiger partial charge in [0.25, 0.3) is 0 Å². The number of rotatable bonds is 0. The van der Waals surface area contributed by atoms with E-state index < -0.39 is 0 Å². The van der Waals surface area contributed by atoms with Gasteiger partial charge in [0.15, 0.2) is 0 Å². The Hall–Kier alpha value is -0.340. The highest BCUT2D eigenvalue weighted by Crippen LogP contribution is 2.29. The van der Waals surface area contributed by atoms with Gasteiger partial charge in [-0.1, -0.05) is 28.9 Å². The van der Waals surface area contributed by atoms with Gasteiger partial charge in [0.05, 0.1) is 0 Å². The summed E-state index contributed by atoms with van der Waals surface area (Å²) < 4.78 is 1.25. The fourth-order valence-corrected chi connectivity index (χ4v) is 2.76. The average molecular weight is 268 g/mol. The summed E-state index contributed by atoms with van der Waals surface area (Å²) in [4.78, 5) is 2.42. The third-order valence-electron chi connectivity index (χ3n) is 3.30. The minimum atomic E-state index is 0.643. The second kappa shape index (κ2) is 4.26. The molecule has 1 aromatic rings. The van der Waals surface area contributed by atoms with Gasteiger partial charge in [0.1, 0.15) is 0 Å². The van der Waals surface area contributed by atoms with E-state index in [1.165, 1.54) is 40.7 Å². The van der Waals surface area contributed by atoms with E-state index in [1.807, 2.05) is 0 Å². The average Bonchev–Trinajstić information content (AvgIpc) is 2.30. The van der Waals surface area contributed by atoms with E-state index in [2.05, 4.69) is 53.9 Å². The molecule has 1 nitrogen and oxygen atoms in total. The molecule has 1 atom stereocenters. The molecule has 0 aliphatic carbocycles. The highest BCUT2D eigenvalue weighted by Gasteiger charge is 2.18. The summed E-state index contributed by atoms with van der Waals surface area (Å²) in [7, 11) is 2.21. The fourth-order valence-electron chi connectivity index (χ4n) is 2.40. The quantitative estimate of drug-likeness (QED) is 0.697. The first-order valence-corrected chi connectivity index (χ1v) is 6.34. The lowest BCUT2D eigenvalue weighted by Gasteiger charge is -2.17. The Bertz CT molecular complexity index is 373. The van der Waals surface area contributed by atoms with Crippen molar-refractivity contribution in [1.82, 2.24) is 4.90 Å². The molecule has 0 N–H and O–H groups in total. The molecule has 1 unspecified atom stereocenters. The smallest absolute Gasteiger partial charge is 0.0207 e. The highest BCUT2D eigenvalue weighted by molar-refractivity contribution is 9.10. The lowest BCUT2D eigenvalue weighted by Crippen LogP contribution is -2.22. The van der Waals surface area contributed by atoms with Crippen molar-refractivity contribution in [2.45, 2.75) is 26.2 Å². The van der Waals surface area contributed by atoms with E-state index in [0.29, 0.717) is 5.92 Å². The van der Waals surface area contributed by atoms with Gasteiger partial charge < -0.3 is 4.90 Å². The summed E-state index contributed by atoms with van der Waals surface area (Å²) >= 11 is 3.63. The van der Waals surface area contributed by atoms with Crippen LogP contribution in [0.4, 0.5) is 0 Å². The van der Waals surface area contributed by atoms with Crippen LogP contribution < -0.4 is 0 Å². The van der Waals surface area contributed by atoms with E-state index in [0.717, 1.165) is 0 Å². The van der Waals surface area contributed by atoms with Crippen molar-refractivity contribution in [3.8, 4) is 0 Å². The Kier molecular flexibility index (Phi) is 3.17. The predicted octanol–water partition coefficient (Wildman–Crippen LogP) is 3.35. The van der Waals surface area contributed by atoms with Gasteiger partial charge in [-0.3, -0.25) is 0 Å². The fraction of sp³-hybridized carbons (Fsp3) is 0.538. The largest absolute Gasteiger partial charge is 0.305 e. The van der Waals surface area contributed by atoms with Crippen LogP contribution in [0.25, 0.3) is 0 Å². The summed E-state index contributed by atoms with van der Waals surface area (Å²) in [5, 5.41) is 0. The van der Waals surface area contributed by atoms with Crippen LogP contribution in [0.5, 0.6) is 0 Å². The Balaban J connectivity index is 2.45. The van der Waals surface area contributed by atoms with E-state index in [1.54, 1.807) is 0 Å². The van der Waals surface area contributed by atoms with E-state index in [-0.39, 0.29) is 0 Å². The molecule has 15 heavy (non-hydrogen) atoms. The van der Waals surface area contributed by atoms with Crippen molar-refractivity contribution in [1.29, 1.82) is 0 Å². The van der Waals surface area contributed by atoms with Gasteiger partial charge in [0, 0.05) is 17.6 Å². The van der Waals surface area contributed by atoms with Gasteiger partial charge in [-0.25, -0.2) is 0 Å². The molecule has 1 aliphatic heterocycles. The lowest BCUT2D eigenvalue weighted by atomic mass is 9.94. The van der Waals surface area contributed by atoms with Crippen molar-refractivity contribution in [2.24, 2.45) is 0 Å². The number of benzene rings is 1. The second-order valence-corrected chi connectivity index (χ2v) is 5.57. The monoisotopic (exact) mass is 267 g/mol. The molecule has 0 bridgehead atoms. The van der Waals surface area contributed by atoms with Crippen LogP contribution in [0.3, 0.4) is 0 Å². The van der Waals surface area contributed by atoms with Crippen molar-refractivity contribution in [3.05, 3.63) is 33.3 Å². The maximum atomic E-state index is 3.63. The van der Waals surface area contributed by atoms with Crippen LogP contribution in [0, 0.1) is 6.92 Å². The van der Waals surface area contributed by atoms with E-state index in [4.69, 9.17) is 0 Å². The SMILES string of the molecule is Cc1cc2c(cc1Br)C(C)CN(C)CC2. The van der Waals surface area contributed by atoms with Gasteiger partial charge in [-0.15, -0.1) is 0 Å². The van der Waals surface area contributed by atoms with E-state index >= 15 is 0 Å². The normalized spacial score (nSPS) is 22.3. The Morgan fingerprint density at radius 3 is 2.87 bits per heavy atom. The van der Waals surface area contributed by atoms with Crippen molar-refractivity contribution < 1.29 is 0 Å². The summed E-state index contributed by atoms with van der Waals surface area (Å²) in [5.41, 5.74) is 4.41. The Morgan fingerprint density at radius 1 is 1.40 bits per heavy atom. The van der Waals surface area contributed by atoms with Crippen LogP contribution >= 0.6 is 15.9 Å². The zero-order chi connectivity index (χ0) is 11.0. The number of aryl methyl sites for hydroxylation is 1. The highest BCUT2D eigenvalue weighted by atomic mass is 79.9. The molecule has 1 heterocycles. The van der Waals surface area contributed by atoms with Gasteiger partial charge in [-0.2, -0.15) is 0 Å². The molecule has 0 radical (unpaired) electrons. The molecule has 0 aromatic heterocycles. The van der Waals surface area contributed by atoms with Gasteiger partial charge in [0.2, 0.25) is 0 Å². The first kappa shape index (κ1) is 11.2. The number of fused-ring (bicyclic) bond motifs is 1. The Morgan fingerprint density at radius 2 is 2.13 bits per heavy atom. The summed E-state index contributed by atoms with van der Waals surface area (Å²) in [6.07, 6.45) is 1.18. The van der Waals surface area contributed by atoms with E-state index in [9.17, 15) is 0 Å². The maximum absolute atomic E-state index is 3.63. The zero-order valence-electron chi connectivity index (χ0n) is 9.68. The minimum absolute atomic E-state index is 0.643. The summed E-state index contributed by atoms with van der Waals surface area (Å²) in [6, 6.07) is 4.66. The molecule has 0 amide bonds. The molecule has 2 rings (SSSR count). The first-order chi connectivity index (χ1) is 7.08. The topological polar surface area (TPSA) is 3.24 Å². The molecule has 1 aliphatic rings. The van der Waals surface area contributed by atoms with Crippen LogP contribution in [0.2, 0.25) is 0 Å². The third kappa shape index (κ3) is 2.26. The molecule has 82 valence electrons. The first-order valence-electron chi connectivity index (χ1n) is 5.55. The Labute approximate surface area is 101 Å². The zero-order valence-corrected chi connectivity index (χ0v) is 11.3. The number of halogens is 1. The summed E-state index contributed by atoms with van der Waals surface area (Å²) in [6.45, 7) is 6.84. The molecule has 2 heteroatoms. The summed E-state index contributed by atoms with van der Waals surface area (Å²) in [5.74, 6) is 0.643. The molecular weight excluding hydrogens is 250 g/mol. The van der Waals surface area contributed by atoms with Crippen LogP contribution in [-0.4, -0.2) is 25.0 Å². The third-order valence-corrected chi connectivity index (χ3v) is 4.15. The molecule has 0 fully saturated rings. The lowest BCUT2D eigenvalue weighted by molar-refractivity contribution is 0.332. The van der Waals surface area contributed by atoms with Crippen molar-refractivity contribution >= 4 is 15.9 Å². The molecule has 0 saturated carbocycles. The predicted molar refractivity (Wildman–Crippen MR) is 68.5 cm³/mol. The van der Waals surface area contributed by atoms with Crippen molar-refractivity contribution in [2.75, 3.05) is 20.1 Å². The van der Waals surface area contributed by atoms with Crippen molar-refractivity contribution in [3.63, 3.8) is 0 Å². The van der Waals surface area contributed by atoms with Gasteiger partial charge in [-0.05, 0) is 49.1 Å².